The highest BCUT2D eigenvalue weighted by Crippen LogP contribution is 2.39. The number of carbonyl (C=O) groups excluding carboxylic acids is 2. The van der Waals surface area contributed by atoms with Gasteiger partial charge in [0.25, 0.3) is 5.91 Å². The number of anilines is 1. The molecule has 28 heavy (non-hydrogen) atoms. The first-order chi connectivity index (χ1) is 13.3. The molecule has 1 unspecified atom stereocenters. The van der Waals surface area contributed by atoms with E-state index in [2.05, 4.69) is 17.6 Å². The van der Waals surface area contributed by atoms with Crippen molar-refractivity contribution >= 4 is 38.0 Å². The molecule has 0 radical (unpaired) electrons. The zero-order valence-corrected chi connectivity index (χ0v) is 17.6. The second-order valence-corrected chi connectivity index (χ2v) is 10.3. The summed E-state index contributed by atoms with van der Waals surface area (Å²) in [4.78, 5) is 26.1. The maximum Gasteiger partial charge on any atom is 0.254 e. The van der Waals surface area contributed by atoms with E-state index in [1.807, 2.05) is 0 Å². The number of benzene rings is 1. The molecule has 6 nitrogen and oxygen atoms in total. The molecular weight excluding hydrogens is 396 g/mol. The molecule has 8 heteroatoms. The summed E-state index contributed by atoms with van der Waals surface area (Å²) in [5, 5.41) is 5.93. The first-order valence-corrected chi connectivity index (χ1v) is 11.7. The van der Waals surface area contributed by atoms with Crippen molar-refractivity contribution in [3.8, 4) is 0 Å². The van der Waals surface area contributed by atoms with Crippen LogP contribution in [0.15, 0.2) is 35.2 Å². The Morgan fingerprint density at radius 2 is 1.93 bits per heavy atom. The lowest BCUT2D eigenvalue weighted by Crippen LogP contribution is -2.23. The zero-order chi connectivity index (χ0) is 20.3. The van der Waals surface area contributed by atoms with Crippen LogP contribution in [0.4, 0.5) is 5.00 Å². The summed E-state index contributed by atoms with van der Waals surface area (Å²) in [6.45, 7) is 2.18. The molecule has 2 aromatic rings. The summed E-state index contributed by atoms with van der Waals surface area (Å²) in [5.74, 6) is -0.362. The smallest absolute Gasteiger partial charge is 0.254 e. The second kappa shape index (κ2) is 8.45. The van der Waals surface area contributed by atoms with Crippen molar-refractivity contribution in [2.24, 2.45) is 5.92 Å². The van der Waals surface area contributed by atoms with Gasteiger partial charge in [0.1, 0.15) is 5.00 Å². The minimum absolute atomic E-state index is 0.163. The Labute approximate surface area is 169 Å². The molecule has 1 heterocycles. The lowest BCUT2D eigenvalue weighted by molar-refractivity contribution is -0.115. The average Bonchev–Trinajstić information content (AvgIpc) is 3.03. The van der Waals surface area contributed by atoms with Gasteiger partial charge < -0.3 is 10.6 Å². The maximum atomic E-state index is 12.4. The number of amides is 2. The average molecular weight is 421 g/mol. The van der Waals surface area contributed by atoms with Gasteiger partial charge in [0.2, 0.25) is 5.91 Å². The molecule has 3 rings (SSSR count). The topological polar surface area (TPSA) is 92.3 Å². The first kappa shape index (κ1) is 20.5. The molecule has 1 aromatic carbocycles. The van der Waals surface area contributed by atoms with E-state index in [0.29, 0.717) is 16.5 Å². The molecule has 2 amide bonds. The van der Waals surface area contributed by atoms with Gasteiger partial charge >= 0.3 is 0 Å². The summed E-state index contributed by atoms with van der Waals surface area (Å²) in [6.07, 6.45) is 2.55. The number of hydrogen-bond acceptors (Lipinski definition) is 5. The van der Waals surface area contributed by atoms with Crippen LogP contribution >= 0.6 is 11.3 Å². The largest absolute Gasteiger partial charge is 0.355 e. The number of carbonyl (C=O) groups is 2. The summed E-state index contributed by atoms with van der Waals surface area (Å²) in [7, 11) is -1.96. The SMILES string of the molecule is CNC(=O)c1c(NC(=O)CCS(=O)(=O)c2ccccc2)sc2c1CCC(C)C2. The fraction of sp³-hybridized carbons (Fsp3) is 0.400. The van der Waals surface area contributed by atoms with Crippen LogP contribution in [-0.4, -0.2) is 33.0 Å². The Hall–Kier alpha value is -2.19. The van der Waals surface area contributed by atoms with Crippen molar-refractivity contribution in [3.05, 3.63) is 46.3 Å². The van der Waals surface area contributed by atoms with Crippen LogP contribution in [-0.2, 0) is 27.5 Å². The molecule has 0 saturated carbocycles. The van der Waals surface area contributed by atoms with Crippen molar-refractivity contribution in [3.63, 3.8) is 0 Å². The van der Waals surface area contributed by atoms with Crippen LogP contribution in [0.1, 0.15) is 40.6 Å². The third kappa shape index (κ3) is 4.44. The van der Waals surface area contributed by atoms with Crippen LogP contribution < -0.4 is 10.6 Å². The van der Waals surface area contributed by atoms with E-state index in [0.717, 1.165) is 29.7 Å². The monoisotopic (exact) mass is 420 g/mol. The van der Waals surface area contributed by atoms with Crippen molar-refractivity contribution in [1.82, 2.24) is 5.32 Å². The number of rotatable bonds is 6. The molecule has 0 bridgehead atoms. The van der Waals surface area contributed by atoms with Crippen molar-refractivity contribution < 1.29 is 18.0 Å². The van der Waals surface area contributed by atoms with Crippen LogP contribution in [0.5, 0.6) is 0 Å². The van der Waals surface area contributed by atoms with Crippen molar-refractivity contribution in [1.29, 1.82) is 0 Å². The van der Waals surface area contributed by atoms with Crippen molar-refractivity contribution in [2.75, 3.05) is 18.1 Å². The quantitative estimate of drug-likeness (QED) is 0.751. The summed E-state index contributed by atoms with van der Waals surface area (Å²) < 4.78 is 24.7. The van der Waals surface area contributed by atoms with E-state index >= 15 is 0 Å². The summed E-state index contributed by atoms with van der Waals surface area (Å²) in [6, 6.07) is 8.09. The third-order valence-corrected chi connectivity index (χ3v) is 7.82. The number of nitrogens with one attached hydrogen (secondary N) is 2. The molecule has 1 aliphatic rings. The highest BCUT2D eigenvalue weighted by atomic mass is 32.2. The van der Waals surface area contributed by atoms with Gasteiger partial charge in [-0.25, -0.2) is 8.42 Å². The Kier molecular flexibility index (Phi) is 6.20. The summed E-state index contributed by atoms with van der Waals surface area (Å²) >= 11 is 1.43. The lowest BCUT2D eigenvalue weighted by Gasteiger charge is -2.18. The first-order valence-electron chi connectivity index (χ1n) is 9.26. The molecule has 0 spiro atoms. The minimum atomic E-state index is -3.53. The van der Waals surface area contributed by atoms with E-state index in [1.54, 1.807) is 25.2 Å². The standard InChI is InChI=1S/C20H24N2O4S2/c1-13-8-9-15-16(12-13)27-20(18(15)19(24)21-2)22-17(23)10-11-28(25,26)14-6-4-3-5-7-14/h3-7,13H,8-12H2,1-2H3,(H,21,24)(H,22,23). The van der Waals surface area contributed by atoms with Crippen LogP contribution in [0.3, 0.4) is 0 Å². The maximum absolute atomic E-state index is 12.4. The Bertz CT molecular complexity index is 981. The molecule has 0 aliphatic heterocycles. The molecular formula is C20H24N2O4S2. The van der Waals surface area contributed by atoms with E-state index in [9.17, 15) is 18.0 Å². The number of fused-ring (bicyclic) bond motifs is 1. The van der Waals surface area contributed by atoms with Gasteiger partial charge in [-0.1, -0.05) is 25.1 Å². The normalized spacial score (nSPS) is 16.3. The third-order valence-electron chi connectivity index (χ3n) is 4.92. The fourth-order valence-corrected chi connectivity index (χ4v) is 6.05. The highest BCUT2D eigenvalue weighted by Gasteiger charge is 2.28. The predicted molar refractivity (Wildman–Crippen MR) is 111 cm³/mol. The number of thiophene rings is 1. The molecule has 2 N–H and O–H groups in total. The fourth-order valence-electron chi connectivity index (χ4n) is 3.37. The van der Waals surface area contributed by atoms with E-state index in [-0.39, 0.29) is 23.0 Å². The minimum Gasteiger partial charge on any atom is -0.355 e. The van der Waals surface area contributed by atoms with Gasteiger partial charge in [0, 0.05) is 18.3 Å². The molecule has 1 aliphatic carbocycles. The molecule has 1 atom stereocenters. The van der Waals surface area contributed by atoms with Gasteiger partial charge in [0.15, 0.2) is 9.84 Å². The van der Waals surface area contributed by atoms with Gasteiger partial charge in [-0.05, 0) is 42.9 Å². The van der Waals surface area contributed by atoms with Gasteiger partial charge in [-0.2, -0.15) is 0 Å². The number of hydrogen-bond donors (Lipinski definition) is 2. The van der Waals surface area contributed by atoms with E-state index in [4.69, 9.17) is 0 Å². The van der Waals surface area contributed by atoms with Gasteiger partial charge in [0.05, 0.1) is 16.2 Å². The zero-order valence-electron chi connectivity index (χ0n) is 15.9. The predicted octanol–water partition coefficient (Wildman–Crippen LogP) is 3.04. The van der Waals surface area contributed by atoms with E-state index in [1.165, 1.54) is 23.5 Å². The van der Waals surface area contributed by atoms with Crippen LogP contribution in [0.2, 0.25) is 0 Å². The summed E-state index contributed by atoms with van der Waals surface area (Å²) in [5.41, 5.74) is 1.53. The molecule has 0 fully saturated rings. The highest BCUT2D eigenvalue weighted by molar-refractivity contribution is 7.91. The van der Waals surface area contributed by atoms with E-state index < -0.39 is 15.7 Å². The Morgan fingerprint density at radius 3 is 2.61 bits per heavy atom. The van der Waals surface area contributed by atoms with Gasteiger partial charge in [-0.3, -0.25) is 9.59 Å². The number of sulfone groups is 1. The van der Waals surface area contributed by atoms with Crippen LogP contribution in [0, 0.1) is 5.92 Å². The Morgan fingerprint density at radius 1 is 1.21 bits per heavy atom. The lowest BCUT2D eigenvalue weighted by atomic mass is 9.88. The molecule has 0 saturated heterocycles. The Balaban J connectivity index is 1.74. The second-order valence-electron chi connectivity index (χ2n) is 7.07. The molecule has 150 valence electrons. The van der Waals surface area contributed by atoms with Crippen molar-refractivity contribution in [2.45, 2.75) is 37.5 Å². The molecule has 1 aromatic heterocycles. The van der Waals surface area contributed by atoms with Gasteiger partial charge in [-0.15, -0.1) is 11.3 Å². The van der Waals surface area contributed by atoms with Crippen LogP contribution in [0.25, 0.3) is 0 Å².